The summed E-state index contributed by atoms with van der Waals surface area (Å²) in [5.41, 5.74) is -0.0471. The van der Waals surface area contributed by atoms with Gasteiger partial charge in [0.25, 0.3) is 0 Å². The number of rotatable bonds is 9. The second kappa shape index (κ2) is 7.71. The van der Waals surface area contributed by atoms with Crippen LogP contribution in [0, 0.1) is 0 Å². The molecule has 0 amide bonds. The minimum absolute atomic E-state index is 0.0142. The van der Waals surface area contributed by atoms with Crippen LogP contribution in [-0.2, 0) is 16.0 Å². The standard InChI is InChI=1S/C11H13ClF4N2O3/c1-20-3-2-18-9(7(12)4-17-18)8(19)5-21-6-11(15,16)10(13)14/h4,10H,2-3,5-6H2,1H3. The lowest BCUT2D eigenvalue weighted by Gasteiger charge is -2.15. The topological polar surface area (TPSA) is 53.4 Å². The quantitative estimate of drug-likeness (QED) is 0.514. The summed E-state index contributed by atoms with van der Waals surface area (Å²) in [5.74, 6) is -5.04. The molecule has 5 nitrogen and oxygen atoms in total. The molecular weight excluding hydrogens is 320 g/mol. The number of carbonyl (C=O) groups is 1. The van der Waals surface area contributed by atoms with E-state index in [1.165, 1.54) is 18.0 Å². The molecule has 0 aliphatic carbocycles. The zero-order valence-corrected chi connectivity index (χ0v) is 11.7. The molecule has 0 saturated carbocycles. The van der Waals surface area contributed by atoms with E-state index in [4.69, 9.17) is 16.3 Å². The molecule has 1 aromatic heterocycles. The Bertz CT molecular complexity index is 482. The van der Waals surface area contributed by atoms with Crippen molar-refractivity contribution in [1.82, 2.24) is 9.78 Å². The molecule has 1 rings (SSSR count). The molecule has 0 bridgehead atoms. The highest BCUT2D eigenvalue weighted by molar-refractivity contribution is 6.33. The van der Waals surface area contributed by atoms with Crippen LogP contribution >= 0.6 is 11.6 Å². The van der Waals surface area contributed by atoms with Gasteiger partial charge in [-0.15, -0.1) is 0 Å². The van der Waals surface area contributed by atoms with E-state index in [0.717, 1.165) is 0 Å². The van der Waals surface area contributed by atoms with Crippen molar-refractivity contribution in [2.24, 2.45) is 0 Å². The molecule has 1 heterocycles. The number of hydrogen-bond donors (Lipinski definition) is 0. The fraction of sp³-hybridized carbons (Fsp3) is 0.636. The molecule has 120 valence electrons. The summed E-state index contributed by atoms with van der Waals surface area (Å²) >= 11 is 5.77. The summed E-state index contributed by atoms with van der Waals surface area (Å²) in [7, 11) is 1.45. The number of Topliss-reactive ketones (excluding diaryl/α,β-unsaturated/α-hetero) is 1. The van der Waals surface area contributed by atoms with Crippen LogP contribution in [0.1, 0.15) is 10.5 Å². The maximum atomic E-state index is 12.6. The Morgan fingerprint density at radius 2 is 2.19 bits per heavy atom. The van der Waals surface area contributed by atoms with E-state index in [2.05, 4.69) is 9.84 Å². The number of ketones is 1. The van der Waals surface area contributed by atoms with Crippen LogP contribution in [-0.4, -0.2) is 54.8 Å². The Kier molecular flexibility index (Phi) is 6.56. The highest BCUT2D eigenvalue weighted by atomic mass is 35.5. The number of methoxy groups -OCH3 is 1. The van der Waals surface area contributed by atoms with Gasteiger partial charge in [0.1, 0.15) is 18.9 Å². The highest BCUT2D eigenvalue weighted by Crippen LogP contribution is 2.23. The maximum Gasteiger partial charge on any atom is 0.330 e. The van der Waals surface area contributed by atoms with Crippen molar-refractivity contribution in [3.8, 4) is 0 Å². The summed E-state index contributed by atoms with van der Waals surface area (Å²) in [4.78, 5) is 11.8. The summed E-state index contributed by atoms with van der Waals surface area (Å²) in [6.45, 7) is -1.89. The second-order valence-electron chi connectivity index (χ2n) is 4.03. The average Bonchev–Trinajstić information content (AvgIpc) is 2.77. The van der Waals surface area contributed by atoms with Gasteiger partial charge in [0.15, 0.2) is 0 Å². The van der Waals surface area contributed by atoms with Gasteiger partial charge in [0.05, 0.1) is 24.4 Å². The average molecular weight is 333 g/mol. The first-order valence-electron chi connectivity index (χ1n) is 5.76. The number of hydrogen-bond acceptors (Lipinski definition) is 4. The number of aromatic nitrogens is 2. The molecule has 0 unspecified atom stereocenters. The van der Waals surface area contributed by atoms with Crippen molar-refractivity contribution in [1.29, 1.82) is 0 Å². The summed E-state index contributed by atoms with van der Waals surface area (Å²) in [5, 5.41) is 3.83. The largest absolute Gasteiger partial charge is 0.383 e. The van der Waals surface area contributed by atoms with E-state index < -0.39 is 31.3 Å². The summed E-state index contributed by atoms with van der Waals surface area (Å²) < 4.78 is 59.5. The van der Waals surface area contributed by atoms with E-state index in [1.54, 1.807) is 0 Å². The third kappa shape index (κ3) is 4.94. The first kappa shape index (κ1) is 17.9. The molecule has 0 atom stereocenters. The van der Waals surface area contributed by atoms with E-state index in [9.17, 15) is 22.4 Å². The number of alkyl halides is 4. The molecule has 0 aromatic carbocycles. The fourth-order valence-electron chi connectivity index (χ4n) is 1.40. The van der Waals surface area contributed by atoms with Gasteiger partial charge in [-0.1, -0.05) is 11.6 Å². The smallest absolute Gasteiger partial charge is 0.330 e. The lowest BCUT2D eigenvalue weighted by atomic mass is 10.3. The van der Waals surface area contributed by atoms with Crippen LogP contribution in [0.4, 0.5) is 17.6 Å². The first-order chi connectivity index (χ1) is 9.79. The summed E-state index contributed by atoms with van der Waals surface area (Å²) in [6, 6.07) is 0. The van der Waals surface area contributed by atoms with E-state index in [-0.39, 0.29) is 23.9 Å². The van der Waals surface area contributed by atoms with Crippen LogP contribution in [0.15, 0.2) is 6.20 Å². The van der Waals surface area contributed by atoms with Gasteiger partial charge in [0.2, 0.25) is 5.78 Å². The summed E-state index contributed by atoms with van der Waals surface area (Å²) in [6.07, 6.45) is -2.65. The van der Waals surface area contributed by atoms with E-state index >= 15 is 0 Å². The lowest BCUT2D eigenvalue weighted by molar-refractivity contribution is -0.163. The first-order valence-corrected chi connectivity index (χ1v) is 6.14. The van der Waals surface area contributed by atoms with E-state index in [0.29, 0.717) is 0 Å². The highest BCUT2D eigenvalue weighted by Gasteiger charge is 2.41. The van der Waals surface area contributed by atoms with Crippen molar-refractivity contribution in [2.75, 3.05) is 26.9 Å². The number of ether oxygens (including phenoxy) is 2. The molecule has 0 spiro atoms. The molecule has 1 aromatic rings. The van der Waals surface area contributed by atoms with Gasteiger partial charge in [-0.05, 0) is 0 Å². The fourth-order valence-corrected chi connectivity index (χ4v) is 1.64. The SMILES string of the molecule is COCCn1ncc(Cl)c1C(=O)COCC(F)(F)C(F)F. The molecule has 0 fully saturated rings. The van der Waals surface area contributed by atoms with Gasteiger partial charge in [-0.2, -0.15) is 13.9 Å². The number of halogens is 5. The van der Waals surface area contributed by atoms with Crippen LogP contribution in [0.3, 0.4) is 0 Å². The molecule has 21 heavy (non-hydrogen) atoms. The molecule has 10 heteroatoms. The van der Waals surface area contributed by atoms with Crippen molar-refractivity contribution in [3.63, 3.8) is 0 Å². The van der Waals surface area contributed by atoms with Crippen molar-refractivity contribution >= 4 is 17.4 Å². The van der Waals surface area contributed by atoms with Crippen LogP contribution < -0.4 is 0 Å². The van der Waals surface area contributed by atoms with Crippen LogP contribution in [0.25, 0.3) is 0 Å². The lowest BCUT2D eigenvalue weighted by Crippen LogP contribution is -2.33. The Labute approximate surface area is 122 Å². The number of nitrogens with zero attached hydrogens (tertiary/aromatic N) is 2. The number of carbonyl (C=O) groups excluding carboxylic acids is 1. The molecule has 0 aliphatic rings. The van der Waals surface area contributed by atoms with Gasteiger partial charge >= 0.3 is 12.3 Å². The van der Waals surface area contributed by atoms with Crippen molar-refractivity contribution < 1.29 is 31.8 Å². The minimum Gasteiger partial charge on any atom is -0.383 e. The van der Waals surface area contributed by atoms with Crippen LogP contribution in [0.2, 0.25) is 5.02 Å². The van der Waals surface area contributed by atoms with Gasteiger partial charge in [-0.25, -0.2) is 8.78 Å². The van der Waals surface area contributed by atoms with Crippen LogP contribution in [0.5, 0.6) is 0 Å². The maximum absolute atomic E-state index is 12.6. The third-order valence-electron chi connectivity index (χ3n) is 2.41. The van der Waals surface area contributed by atoms with Gasteiger partial charge in [-0.3, -0.25) is 9.48 Å². The molecule has 0 aliphatic heterocycles. The van der Waals surface area contributed by atoms with Crippen molar-refractivity contribution in [3.05, 3.63) is 16.9 Å². The Hall–Kier alpha value is -1.19. The predicted molar refractivity (Wildman–Crippen MR) is 65.2 cm³/mol. The molecule has 0 radical (unpaired) electrons. The second-order valence-corrected chi connectivity index (χ2v) is 4.44. The van der Waals surface area contributed by atoms with Gasteiger partial charge < -0.3 is 9.47 Å². The molecule has 0 saturated heterocycles. The van der Waals surface area contributed by atoms with Crippen molar-refractivity contribution in [2.45, 2.75) is 18.9 Å². The normalized spacial score (nSPS) is 12.1. The zero-order chi connectivity index (χ0) is 16.0. The minimum atomic E-state index is -4.31. The molecule has 0 N–H and O–H groups in total. The Morgan fingerprint density at radius 1 is 1.52 bits per heavy atom. The third-order valence-corrected chi connectivity index (χ3v) is 2.69. The molecular formula is C11H13ClF4N2O3. The monoisotopic (exact) mass is 332 g/mol. The van der Waals surface area contributed by atoms with E-state index in [1.807, 2.05) is 0 Å². The Balaban J connectivity index is 2.62. The van der Waals surface area contributed by atoms with Gasteiger partial charge in [0, 0.05) is 7.11 Å². The zero-order valence-electron chi connectivity index (χ0n) is 11.0. The predicted octanol–water partition coefficient (Wildman–Crippen LogP) is 2.28. The Morgan fingerprint density at radius 3 is 2.76 bits per heavy atom.